The molecule has 3 rings (SSSR count). The average molecular weight is 406 g/mol. The fraction of sp³-hybridized carbons (Fsp3) is 0.500. The maximum atomic E-state index is 13.0. The molecule has 0 saturated carbocycles. The van der Waals surface area contributed by atoms with Gasteiger partial charge in [-0.25, -0.2) is 18.4 Å². The summed E-state index contributed by atoms with van der Waals surface area (Å²) in [6, 6.07) is 8.60. The first-order chi connectivity index (χ1) is 13.5. The molecule has 1 unspecified atom stereocenters. The van der Waals surface area contributed by atoms with E-state index in [4.69, 9.17) is 9.47 Å². The standard InChI is InChI=1S/C20H27N3O4S/c1-16-21-13-18(15-27-12-11-26-2)20(22-16)17-7-6-10-23(14-17)28(24,25)19-8-4-3-5-9-19/h3-5,8-9,13,17H,6-7,10-12,14-15H2,1-2H3. The van der Waals surface area contributed by atoms with E-state index in [1.165, 1.54) is 0 Å². The number of nitrogens with zero attached hydrogens (tertiary/aromatic N) is 3. The summed E-state index contributed by atoms with van der Waals surface area (Å²) in [7, 11) is -1.88. The lowest BCUT2D eigenvalue weighted by molar-refractivity contribution is 0.0608. The first-order valence-electron chi connectivity index (χ1n) is 9.46. The van der Waals surface area contributed by atoms with Gasteiger partial charge in [0.25, 0.3) is 0 Å². The zero-order valence-corrected chi connectivity index (χ0v) is 17.2. The molecule has 28 heavy (non-hydrogen) atoms. The summed E-state index contributed by atoms with van der Waals surface area (Å²) in [4.78, 5) is 9.27. The van der Waals surface area contributed by atoms with Crippen molar-refractivity contribution in [1.82, 2.24) is 14.3 Å². The quantitative estimate of drug-likeness (QED) is 0.628. The number of aryl methyl sites for hydroxylation is 1. The molecule has 1 aromatic heterocycles. The Morgan fingerprint density at radius 1 is 1.21 bits per heavy atom. The lowest BCUT2D eigenvalue weighted by atomic mass is 9.93. The van der Waals surface area contributed by atoms with Crippen LogP contribution in [-0.2, 0) is 26.1 Å². The van der Waals surface area contributed by atoms with Gasteiger partial charge in [0, 0.05) is 37.9 Å². The van der Waals surface area contributed by atoms with Gasteiger partial charge in [-0.15, -0.1) is 0 Å². The first-order valence-corrected chi connectivity index (χ1v) is 10.9. The van der Waals surface area contributed by atoms with Crippen LogP contribution in [-0.4, -0.2) is 56.1 Å². The maximum absolute atomic E-state index is 13.0. The Hall–Kier alpha value is -1.87. The van der Waals surface area contributed by atoms with Gasteiger partial charge in [-0.05, 0) is 31.9 Å². The van der Waals surface area contributed by atoms with E-state index < -0.39 is 10.0 Å². The zero-order valence-electron chi connectivity index (χ0n) is 16.4. The summed E-state index contributed by atoms with van der Waals surface area (Å²) in [5.74, 6) is 0.702. The Kier molecular flexibility index (Phi) is 7.12. The molecule has 0 bridgehead atoms. The third-order valence-electron chi connectivity index (χ3n) is 4.86. The molecule has 1 aliphatic heterocycles. The molecule has 0 spiro atoms. The number of hydrogen-bond acceptors (Lipinski definition) is 6. The van der Waals surface area contributed by atoms with Crippen molar-refractivity contribution in [3.8, 4) is 0 Å². The average Bonchev–Trinajstić information content (AvgIpc) is 2.73. The minimum absolute atomic E-state index is 0.0231. The second-order valence-corrected chi connectivity index (χ2v) is 8.83. The number of ether oxygens (including phenoxy) is 2. The molecule has 1 atom stereocenters. The number of hydrogen-bond donors (Lipinski definition) is 0. The molecule has 8 heteroatoms. The lowest BCUT2D eigenvalue weighted by Crippen LogP contribution is -2.39. The molecule has 1 fully saturated rings. The monoisotopic (exact) mass is 405 g/mol. The Labute approximate surface area is 166 Å². The van der Waals surface area contributed by atoms with Gasteiger partial charge in [0.1, 0.15) is 5.82 Å². The van der Waals surface area contributed by atoms with Crippen LogP contribution in [0.4, 0.5) is 0 Å². The van der Waals surface area contributed by atoms with Crippen LogP contribution < -0.4 is 0 Å². The van der Waals surface area contributed by atoms with E-state index in [-0.39, 0.29) is 5.92 Å². The number of rotatable bonds is 8. The Balaban J connectivity index is 1.79. The molecule has 1 saturated heterocycles. The molecular weight excluding hydrogens is 378 g/mol. The van der Waals surface area contributed by atoms with Crippen molar-refractivity contribution < 1.29 is 17.9 Å². The minimum Gasteiger partial charge on any atom is -0.382 e. The van der Waals surface area contributed by atoms with Crippen LogP contribution in [0.25, 0.3) is 0 Å². The maximum Gasteiger partial charge on any atom is 0.243 e. The number of aromatic nitrogens is 2. The molecule has 2 aromatic rings. The highest BCUT2D eigenvalue weighted by molar-refractivity contribution is 7.89. The number of benzene rings is 1. The van der Waals surface area contributed by atoms with Gasteiger partial charge in [-0.1, -0.05) is 18.2 Å². The molecule has 0 N–H and O–H groups in total. The molecule has 0 amide bonds. The highest BCUT2D eigenvalue weighted by Gasteiger charge is 2.32. The van der Waals surface area contributed by atoms with Crippen LogP contribution in [0.2, 0.25) is 0 Å². The Bertz CT molecular complexity index is 874. The van der Waals surface area contributed by atoms with E-state index in [1.54, 1.807) is 41.9 Å². The van der Waals surface area contributed by atoms with E-state index in [0.717, 1.165) is 24.1 Å². The summed E-state index contributed by atoms with van der Waals surface area (Å²) >= 11 is 0. The lowest BCUT2D eigenvalue weighted by Gasteiger charge is -2.32. The fourth-order valence-electron chi connectivity index (χ4n) is 3.43. The van der Waals surface area contributed by atoms with Crippen LogP contribution in [0.15, 0.2) is 41.4 Å². The van der Waals surface area contributed by atoms with Crippen molar-refractivity contribution in [1.29, 1.82) is 0 Å². The summed E-state index contributed by atoms with van der Waals surface area (Å²) in [6.07, 6.45) is 3.47. The SMILES string of the molecule is COCCOCc1cnc(C)nc1C1CCCN(S(=O)(=O)c2ccccc2)C1. The van der Waals surface area contributed by atoms with Gasteiger partial charge in [0.05, 0.1) is 30.4 Å². The first kappa shape index (κ1) is 20.9. The third kappa shape index (κ3) is 4.94. The second-order valence-electron chi connectivity index (χ2n) is 6.89. The van der Waals surface area contributed by atoms with Crippen molar-refractivity contribution in [3.05, 3.63) is 53.6 Å². The fourth-order valence-corrected chi connectivity index (χ4v) is 4.97. The van der Waals surface area contributed by atoms with Crippen LogP contribution in [0.3, 0.4) is 0 Å². The van der Waals surface area contributed by atoms with Crippen molar-refractivity contribution in [3.63, 3.8) is 0 Å². The molecule has 1 aromatic carbocycles. The van der Waals surface area contributed by atoms with Gasteiger partial charge in [0.2, 0.25) is 10.0 Å². The topological polar surface area (TPSA) is 81.6 Å². The summed E-state index contributed by atoms with van der Waals surface area (Å²) in [6.45, 7) is 4.19. The van der Waals surface area contributed by atoms with E-state index in [9.17, 15) is 8.42 Å². The summed E-state index contributed by atoms with van der Waals surface area (Å²) in [5.41, 5.74) is 1.79. The van der Waals surface area contributed by atoms with Crippen molar-refractivity contribution in [2.45, 2.75) is 37.2 Å². The smallest absolute Gasteiger partial charge is 0.243 e. The van der Waals surface area contributed by atoms with Gasteiger partial charge >= 0.3 is 0 Å². The van der Waals surface area contributed by atoms with Crippen molar-refractivity contribution >= 4 is 10.0 Å². The highest BCUT2D eigenvalue weighted by atomic mass is 32.2. The van der Waals surface area contributed by atoms with E-state index in [2.05, 4.69) is 9.97 Å². The molecule has 7 nitrogen and oxygen atoms in total. The highest BCUT2D eigenvalue weighted by Crippen LogP contribution is 2.31. The van der Waals surface area contributed by atoms with E-state index >= 15 is 0 Å². The molecule has 1 aliphatic rings. The van der Waals surface area contributed by atoms with E-state index in [0.29, 0.717) is 43.6 Å². The van der Waals surface area contributed by atoms with Gasteiger partial charge in [-0.3, -0.25) is 0 Å². The number of methoxy groups -OCH3 is 1. The Morgan fingerprint density at radius 3 is 2.75 bits per heavy atom. The largest absolute Gasteiger partial charge is 0.382 e. The van der Waals surface area contributed by atoms with Crippen LogP contribution in [0.1, 0.15) is 35.8 Å². The normalized spacial score (nSPS) is 18.3. The molecule has 0 aliphatic carbocycles. The molecule has 2 heterocycles. The Morgan fingerprint density at radius 2 is 2.00 bits per heavy atom. The summed E-state index contributed by atoms with van der Waals surface area (Å²) in [5, 5.41) is 0. The molecular formula is C20H27N3O4S. The van der Waals surface area contributed by atoms with Gasteiger partial charge in [0.15, 0.2) is 0 Å². The molecule has 0 radical (unpaired) electrons. The van der Waals surface area contributed by atoms with Crippen LogP contribution in [0, 0.1) is 6.92 Å². The predicted octanol–water partition coefficient (Wildman–Crippen LogP) is 2.52. The minimum atomic E-state index is -3.51. The predicted molar refractivity (Wildman–Crippen MR) is 105 cm³/mol. The van der Waals surface area contributed by atoms with Crippen molar-refractivity contribution in [2.75, 3.05) is 33.4 Å². The summed E-state index contributed by atoms with van der Waals surface area (Å²) < 4.78 is 38.3. The van der Waals surface area contributed by atoms with E-state index in [1.807, 2.05) is 13.0 Å². The number of piperidine rings is 1. The zero-order chi connectivity index (χ0) is 20.0. The van der Waals surface area contributed by atoms with Gasteiger partial charge < -0.3 is 9.47 Å². The van der Waals surface area contributed by atoms with Crippen LogP contribution in [0.5, 0.6) is 0 Å². The second kappa shape index (κ2) is 9.56. The van der Waals surface area contributed by atoms with Crippen molar-refractivity contribution in [2.24, 2.45) is 0 Å². The molecule has 152 valence electrons. The van der Waals surface area contributed by atoms with Gasteiger partial charge in [-0.2, -0.15) is 4.31 Å². The van der Waals surface area contributed by atoms with Crippen LogP contribution >= 0.6 is 0 Å². The number of sulfonamides is 1. The third-order valence-corrected chi connectivity index (χ3v) is 6.74.